The molecule has 2 heterocycles. The van der Waals surface area contributed by atoms with Crippen molar-refractivity contribution in [2.45, 2.75) is 6.54 Å². The van der Waals surface area contributed by atoms with Gasteiger partial charge in [0.15, 0.2) is 4.47 Å². The van der Waals surface area contributed by atoms with Crippen LogP contribution in [0.5, 0.6) is 0 Å². The van der Waals surface area contributed by atoms with Crippen molar-refractivity contribution in [1.29, 1.82) is 0 Å². The van der Waals surface area contributed by atoms with Crippen molar-refractivity contribution in [3.8, 4) is 0 Å². The van der Waals surface area contributed by atoms with E-state index in [-0.39, 0.29) is 0 Å². The molecule has 0 aliphatic carbocycles. The largest absolute Gasteiger partial charge is 0.378 e. The summed E-state index contributed by atoms with van der Waals surface area (Å²) >= 11 is 10.7. The molecule has 0 spiro atoms. The summed E-state index contributed by atoms with van der Waals surface area (Å²) in [7, 11) is 0. The van der Waals surface area contributed by atoms with Gasteiger partial charge in [-0.2, -0.15) is 0 Å². The first kappa shape index (κ1) is 12.8. The van der Waals surface area contributed by atoms with E-state index in [0.717, 1.165) is 26.1 Å². The molecule has 0 saturated heterocycles. The van der Waals surface area contributed by atoms with Gasteiger partial charge in [0, 0.05) is 27.9 Å². The van der Waals surface area contributed by atoms with Crippen molar-refractivity contribution in [3.05, 3.63) is 44.5 Å². The first-order chi connectivity index (χ1) is 9.24. The van der Waals surface area contributed by atoms with E-state index in [2.05, 4.69) is 36.2 Å². The summed E-state index contributed by atoms with van der Waals surface area (Å²) in [5.74, 6) is 0. The van der Waals surface area contributed by atoms with Gasteiger partial charge < -0.3 is 5.32 Å². The average molecular weight is 356 g/mol. The first-order valence-electron chi connectivity index (χ1n) is 5.47. The third-order valence-corrected chi connectivity index (χ3v) is 4.31. The zero-order valence-electron chi connectivity index (χ0n) is 9.60. The van der Waals surface area contributed by atoms with E-state index >= 15 is 0 Å². The summed E-state index contributed by atoms with van der Waals surface area (Å²) in [6.07, 6.45) is 5.14. The molecule has 96 valence electrons. The Labute approximate surface area is 127 Å². The molecule has 0 bridgehead atoms. The van der Waals surface area contributed by atoms with E-state index < -0.39 is 0 Å². The molecule has 7 heteroatoms. The van der Waals surface area contributed by atoms with Gasteiger partial charge in [0.25, 0.3) is 0 Å². The third-order valence-electron chi connectivity index (χ3n) is 2.55. The van der Waals surface area contributed by atoms with Gasteiger partial charge in [-0.15, -0.1) is 11.3 Å². The van der Waals surface area contributed by atoms with Crippen LogP contribution in [-0.2, 0) is 6.54 Å². The summed E-state index contributed by atoms with van der Waals surface area (Å²) in [4.78, 5) is 13.8. The van der Waals surface area contributed by atoms with Crippen molar-refractivity contribution in [2.24, 2.45) is 0 Å². The van der Waals surface area contributed by atoms with Crippen LogP contribution in [0, 0.1) is 0 Å². The SMILES string of the molecule is Clc1ncc(CNc2ccc(Br)c3nccnc23)s1. The highest BCUT2D eigenvalue weighted by Gasteiger charge is 2.07. The number of hydrogen-bond donors (Lipinski definition) is 1. The normalized spacial score (nSPS) is 10.8. The molecule has 0 aliphatic rings. The average Bonchev–Trinajstić information content (AvgIpc) is 2.84. The predicted octanol–water partition coefficient (Wildman–Crippen LogP) is 4.11. The molecule has 0 fully saturated rings. The van der Waals surface area contributed by atoms with Gasteiger partial charge >= 0.3 is 0 Å². The fraction of sp³-hybridized carbons (Fsp3) is 0.0833. The molecular formula is C12H8BrClN4S. The number of aromatic nitrogens is 3. The lowest BCUT2D eigenvalue weighted by atomic mass is 10.2. The topological polar surface area (TPSA) is 50.7 Å². The standard InChI is InChI=1S/C12H8BrClN4S/c13-8-1-2-9(11-10(8)15-3-4-16-11)17-5-7-6-18-12(14)19-7/h1-4,6,17H,5H2. The van der Waals surface area contributed by atoms with E-state index in [4.69, 9.17) is 11.6 Å². The van der Waals surface area contributed by atoms with E-state index in [1.807, 2.05) is 12.1 Å². The second-order valence-corrected chi connectivity index (χ2v) is 6.33. The van der Waals surface area contributed by atoms with Crippen LogP contribution in [0.4, 0.5) is 5.69 Å². The summed E-state index contributed by atoms with van der Waals surface area (Å²) in [6, 6.07) is 3.93. The molecule has 2 aromatic heterocycles. The Kier molecular flexibility index (Phi) is 3.63. The Hall–Kier alpha value is -1.24. The van der Waals surface area contributed by atoms with Crippen LogP contribution in [0.2, 0.25) is 4.47 Å². The molecule has 1 N–H and O–H groups in total. The minimum atomic E-state index is 0.553. The monoisotopic (exact) mass is 354 g/mol. The highest BCUT2D eigenvalue weighted by atomic mass is 79.9. The summed E-state index contributed by atoms with van der Waals surface area (Å²) in [5, 5.41) is 3.33. The van der Waals surface area contributed by atoms with Crippen molar-refractivity contribution >= 4 is 55.6 Å². The number of halogens is 2. The Balaban J connectivity index is 1.91. The van der Waals surface area contributed by atoms with E-state index in [0.29, 0.717) is 11.0 Å². The minimum Gasteiger partial charge on any atom is -0.378 e. The fourth-order valence-corrected chi connectivity index (χ4v) is 3.05. The molecule has 0 aliphatic heterocycles. The maximum atomic E-state index is 5.81. The number of nitrogens with zero attached hydrogens (tertiary/aromatic N) is 3. The molecule has 19 heavy (non-hydrogen) atoms. The first-order valence-corrected chi connectivity index (χ1v) is 7.46. The molecular weight excluding hydrogens is 348 g/mol. The number of fused-ring (bicyclic) bond motifs is 1. The maximum absolute atomic E-state index is 5.81. The van der Waals surface area contributed by atoms with Crippen LogP contribution in [0.1, 0.15) is 4.88 Å². The van der Waals surface area contributed by atoms with Crippen molar-refractivity contribution < 1.29 is 0 Å². The van der Waals surface area contributed by atoms with E-state index in [1.165, 1.54) is 11.3 Å². The molecule has 0 atom stereocenters. The third kappa shape index (κ3) is 2.70. The fourth-order valence-electron chi connectivity index (χ4n) is 1.71. The van der Waals surface area contributed by atoms with Gasteiger partial charge in [-0.25, -0.2) is 4.98 Å². The number of benzene rings is 1. The molecule has 4 nitrogen and oxygen atoms in total. The van der Waals surface area contributed by atoms with Crippen molar-refractivity contribution in [1.82, 2.24) is 15.0 Å². The molecule has 1 aromatic carbocycles. The lowest BCUT2D eigenvalue weighted by molar-refractivity contribution is 1.17. The quantitative estimate of drug-likeness (QED) is 0.768. The van der Waals surface area contributed by atoms with Gasteiger partial charge in [0.05, 0.1) is 12.2 Å². The molecule has 0 radical (unpaired) electrons. The predicted molar refractivity (Wildman–Crippen MR) is 81.7 cm³/mol. The molecule has 3 aromatic rings. The van der Waals surface area contributed by atoms with Crippen molar-refractivity contribution in [3.63, 3.8) is 0 Å². The highest BCUT2D eigenvalue weighted by molar-refractivity contribution is 9.10. The molecule has 0 unspecified atom stereocenters. The summed E-state index contributed by atoms with van der Waals surface area (Å²) in [5.41, 5.74) is 2.62. The second kappa shape index (κ2) is 5.40. The van der Waals surface area contributed by atoms with Crippen LogP contribution in [-0.4, -0.2) is 15.0 Å². The highest BCUT2D eigenvalue weighted by Crippen LogP contribution is 2.27. The Morgan fingerprint density at radius 3 is 2.68 bits per heavy atom. The number of rotatable bonds is 3. The van der Waals surface area contributed by atoms with Crippen LogP contribution in [0.15, 0.2) is 35.2 Å². The number of nitrogens with one attached hydrogen (secondary N) is 1. The zero-order chi connectivity index (χ0) is 13.2. The van der Waals surface area contributed by atoms with Gasteiger partial charge in [0.1, 0.15) is 11.0 Å². The molecule has 0 saturated carbocycles. The van der Waals surface area contributed by atoms with Crippen LogP contribution in [0.25, 0.3) is 11.0 Å². The zero-order valence-corrected chi connectivity index (χ0v) is 12.8. The number of thiazole rings is 1. The Morgan fingerprint density at radius 2 is 1.95 bits per heavy atom. The van der Waals surface area contributed by atoms with Crippen molar-refractivity contribution in [2.75, 3.05) is 5.32 Å². The molecule has 0 amide bonds. The summed E-state index contributed by atoms with van der Waals surface area (Å²) < 4.78 is 1.49. The number of anilines is 1. The second-order valence-electron chi connectivity index (χ2n) is 3.78. The van der Waals surface area contributed by atoms with Gasteiger partial charge in [-0.3, -0.25) is 9.97 Å². The van der Waals surface area contributed by atoms with Gasteiger partial charge in [-0.1, -0.05) is 11.6 Å². The number of hydrogen-bond acceptors (Lipinski definition) is 5. The molecule has 3 rings (SSSR count). The van der Waals surface area contributed by atoms with Crippen LogP contribution < -0.4 is 5.32 Å². The van der Waals surface area contributed by atoms with E-state index in [1.54, 1.807) is 18.6 Å². The van der Waals surface area contributed by atoms with E-state index in [9.17, 15) is 0 Å². The minimum absolute atomic E-state index is 0.553. The lowest BCUT2D eigenvalue weighted by Gasteiger charge is -2.08. The maximum Gasteiger partial charge on any atom is 0.183 e. The lowest BCUT2D eigenvalue weighted by Crippen LogP contribution is -1.99. The summed E-state index contributed by atoms with van der Waals surface area (Å²) in [6.45, 7) is 0.664. The van der Waals surface area contributed by atoms with Gasteiger partial charge in [0.2, 0.25) is 0 Å². The van der Waals surface area contributed by atoms with Crippen LogP contribution in [0.3, 0.4) is 0 Å². The van der Waals surface area contributed by atoms with Crippen LogP contribution >= 0.6 is 38.9 Å². The Morgan fingerprint density at radius 1 is 1.16 bits per heavy atom. The smallest absolute Gasteiger partial charge is 0.183 e. The Bertz CT molecular complexity index is 731. The van der Waals surface area contributed by atoms with Gasteiger partial charge in [-0.05, 0) is 28.1 Å².